The SMILES string of the molecule is CCC(C)(F)CC(CC1CC1)C(C)c1ccc(Cl)c(C2CCCCC2NC2(C3=CCC(OC)=C(n4ccc(C)c4)C=C3)CC2N)c1. The molecule has 0 saturated heterocycles. The van der Waals surface area contributed by atoms with Crippen molar-refractivity contribution in [3.63, 3.8) is 0 Å². The molecule has 3 saturated carbocycles. The normalized spacial score (nSPS) is 29.1. The van der Waals surface area contributed by atoms with Crippen LogP contribution in [0.5, 0.6) is 0 Å². The molecule has 0 bridgehead atoms. The Morgan fingerprint density at radius 2 is 1.93 bits per heavy atom. The lowest BCUT2D eigenvalue weighted by atomic mass is 9.75. The van der Waals surface area contributed by atoms with Crippen molar-refractivity contribution in [2.75, 3.05) is 7.11 Å². The first-order chi connectivity index (χ1) is 22.0. The van der Waals surface area contributed by atoms with Gasteiger partial charge in [-0.1, -0.05) is 75.4 Å². The molecule has 250 valence electrons. The van der Waals surface area contributed by atoms with E-state index < -0.39 is 5.67 Å². The summed E-state index contributed by atoms with van der Waals surface area (Å²) in [6.45, 7) is 8.19. The van der Waals surface area contributed by atoms with Gasteiger partial charge in [-0.25, -0.2) is 4.39 Å². The second-order valence-electron chi connectivity index (χ2n) is 15.2. The van der Waals surface area contributed by atoms with Gasteiger partial charge in [0.05, 0.1) is 18.3 Å². The molecule has 7 atom stereocenters. The molecule has 4 aliphatic carbocycles. The largest absolute Gasteiger partial charge is 0.499 e. The maximum Gasteiger partial charge on any atom is 0.123 e. The fourth-order valence-electron chi connectivity index (χ4n) is 8.25. The summed E-state index contributed by atoms with van der Waals surface area (Å²) >= 11 is 7.04. The zero-order chi connectivity index (χ0) is 32.6. The summed E-state index contributed by atoms with van der Waals surface area (Å²) in [6.07, 6.45) is 22.1. The lowest BCUT2D eigenvalue weighted by Crippen LogP contribution is -2.48. The molecular formula is C40H55ClFN3O. The van der Waals surface area contributed by atoms with Gasteiger partial charge in [-0.15, -0.1) is 0 Å². The van der Waals surface area contributed by atoms with Crippen LogP contribution in [0.4, 0.5) is 4.39 Å². The van der Waals surface area contributed by atoms with Crippen LogP contribution in [-0.2, 0) is 4.74 Å². The summed E-state index contributed by atoms with van der Waals surface area (Å²) in [5.41, 5.74) is 11.5. The fourth-order valence-corrected chi connectivity index (χ4v) is 8.51. The summed E-state index contributed by atoms with van der Waals surface area (Å²) in [4.78, 5) is 0. The van der Waals surface area contributed by atoms with Crippen molar-refractivity contribution < 1.29 is 9.13 Å². The highest BCUT2D eigenvalue weighted by Crippen LogP contribution is 2.48. The number of halogens is 2. The Morgan fingerprint density at radius 3 is 2.59 bits per heavy atom. The third kappa shape index (κ3) is 7.22. The molecule has 0 radical (unpaired) electrons. The first-order valence-electron chi connectivity index (χ1n) is 17.9. The van der Waals surface area contributed by atoms with Crippen LogP contribution in [0.15, 0.2) is 66.2 Å². The van der Waals surface area contributed by atoms with Gasteiger partial charge in [0.1, 0.15) is 11.4 Å². The molecule has 4 aliphatic rings. The van der Waals surface area contributed by atoms with Crippen molar-refractivity contribution in [2.45, 2.75) is 133 Å². The van der Waals surface area contributed by atoms with Crippen molar-refractivity contribution in [2.24, 2.45) is 17.6 Å². The van der Waals surface area contributed by atoms with E-state index in [1.807, 2.05) is 6.92 Å². The van der Waals surface area contributed by atoms with Crippen LogP contribution < -0.4 is 11.1 Å². The number of allylic oxidation sites excluding steroid dienone is 3. The molecule has 4 nitrogen and oxygen atoms in total. The van der Waals surface area contributed by atoms with E-state index in [4.69, 9.17) is 22.1 Å². The van der Waals surface area contributed by atoms with E-state index in [1.165, 1.54) is 47.9 Å². The number of aryl methyl sites for hydroxylation is 1. The van der Waals surface area contributed by atoms with Crippen LogP contribution in [0.3, 0.4) is 0 Å². The molecule has 3 N–H and O–H groups in total. The summed E-state index contributed by atoms with van der Waals surface area (Å²) in [6, 6.07) is 9.14. The van der Waals surface area contributed by atoms with Gasteiger partial charge in [-0.3, -0.25) is 0 Å². The van der Waals surface area contributed by atoms with Gasteiger partial charge in [0.2, 0.25) is 0 Å². The van der Waals surface area contributed by atoms with Crippen LogP contribution in [0.2, 0.25) is 5.02 Å². The fraction of sp³-hybridized carbons (Fsp3) is 0.600. The van der Waals surface area contributed by atoms with E-state index in [-0.39, 0.29) is 17.6 Å². The number of nitrogens with two attached hydrogens (primary N) is 1. The van der Waals surface area contributed by atoms with Crippen LogP contribution in [0.25, 0.3) is 5.70 Å². The molecule has 1 aromatic heterocycles. The van der Waals surface area contributed by atoms with E-state index in [0.29, 0.717) is 30.6 Å². The van der Waals surface area contributed by atoms with Gasteiger partial charge in [-0.05, 0) is 111 Å². The lowest BCUT2D eigenvalue weighted by Gasteiger charge is -2.37. The van der Waals surface area contributed by atoms with E-state index in [9.17, 15) is 0 Å². The minimum absolute atomic E-state index is 0.0610. The van der Waals surface area contributed by atoms with E-state index in [0.717, 1.165) is 54.5 Å². The van der Waals surface area contributed by atoms with Crippen LogP contribution in [0.1, 0.15) is 120 Å². The van der Waals surface area contributed by atoms with E-state index in [2.05, 4.69) is 78.6 Å². The molecule has 6 rings (SSSR count). The molecule has 7 unspecified atom stereocenters. The zero-order valence-corrected chi connectivity index (χ0v) is 29.4. The third-order valence-corrected chi connectivity index (χ3v) is 12.1. The van der Waals surface area contributed by atoms with Gasteiger partial charge in [0.15, 0.2) is 0 Å². The van der Waals surface area contributed by atoms with Crippen molar-refractivity contribution in [3.8, 4) is 0 Å². The smallest absolute Gasteiger partial charge is 0.123 e. The standard InChI is InChI=1S/C40H55ClFN3O/c1-6-39(4,42)23-30(21-28-11-12-28)27(3)29-13-16-34(41)33(22-29)32-9-7-8-10-35(32)44-40(24-38(40)43)31-14-17-36(37(46-5)18-15-31)45-20-19-26(2)25-45/h13-17,19-20,22,25,27-28,30,32,35,38,44H,6-12,18,21,23-24,43H2,1-5H3. The Bertz CT molecular complexity index is 1480. The Balaban J connectivity index is 1.24. The number of hydrogen-bond acceptors (Lipinski definition) is 3. The van der Waals surface area contributed by atoms with E-state index >= 15 is 4.39 Å². The Morgan fingerprint density at radius 1 is 1.17 bits per heavy atom. The predicted molar refractivity (Wildman–Crippen MR) is 190 cm³/mol. The Labute approximate surface area is 281 Å². The zero-order valence-electron chi connectivity index (χ0n) is 28.6. The molecule has 6 heteroatoms. The minimum atomic E-state index is -1.12. The number of aromatic nitrogens is 1. The van der Waals surface area contributed by atoms with Gasteiger partial charge in [0.25, 0.3) is 0 Å². The molecule has 3 fully saturated rings. The number of benzene rings is 1. The van der Waals surface area contributed by atoms with Crippen LogP contribution in [-0.4, -0.2) is 35.0 Å². The van der Waals surface area contributed by atoms with Gasteiger partial charge >= 0.3 is 0 Å². The maximum atomic E-state index is 15.4. The summed E-state index contributed by atoms with van der Waals surface area (Å²) in [5.74, 6) is 2.65. The molecule has 2 aromatic rings. The molecule has 0 aliphatic heterocycles. The highest BCUT2D eigenvalue weighted by Gasteiger charge is 2.55. The number of nitrogens with zero attached hydrogens (tertiary/aromatic N) is 1. The summed E-state index contributed by atoms with van der Waals surface area (Å²) in [7, 11) is 1.76. The molecule has 1 aromatic carbocycles. The second kappa shape index (κ2) is 13.6. The third-order valence-electron chi connectivity index (χ3n) is 11.7. The number of ether oxygens (including phenoxy) is 1. The first-order valence-corrected chi connectivity index (χ1v) is 18.2. The molecule has 0 amide bonds. The van der Waals surface area contributed by atoms with Crippen LogP contribution in [0, 0.1) is 18.8 Å². The van der Waals surface area contributed by atoms with E-state index in [1.54, 1.807) is 14.0 Å². The van der Waals surface area contributed by atoms with Gasteiger partial charge in [-0.2, -0.15) is 0 Å². The average molecular weight is 648 g/mol. The van der Waals surface area contributed by atoms with Crippen molar-refractivity contribution in [1.82, 2.24) is 9.88 Å². The number of hydrogen-bond donors (Lipinski definition) is 2. The Hall–Kier alpha value is -2.34. The summed E-state index contributed by atoms with van der Waals surface area (Å²) < 4.78 is 23.4. The highest BCUT2D eigenvalue weighted by molar-refractivity contribution is 6.31. The molecule has 0 spiro atoms. The van der Waals surface area contributed by atoms with Crippen molar-refractivity contribution >= 4 is 17.3 Å². The lowest BCUT2D eigenvalue weighted by molar-refractivity contribution is 0.126. The Kier molecular flexibility index (Phi) is 9.95. The highest BCUT2D eigenvalue weighted by atomic mass is 35.5. The second-order valence-corrected chi connectivity index (χ2v) is 15.6. The summed E-state index contributed by atoms with van der Waals surface area (Å²) in [5, 5.41) is 4.99. The van der Waals surface area contributed by atoms with Gasteiger partial charge in [0, 0.05) is 41.8 Å². The van der Waals surface area contributed by atoms with Crippen molar-refractivity contribution in [1.29, 1.82) is 0 Å². The maximum absolute atomic E-state index is 15.4. The quantitative estimate of drug-likeness (QED) is 0.227. The number of alkyl halides is 1. The number of nitrogens with one attached hydrogen (secondary N) is 1. The first kappa shape index (κ1) is 33.6. The molecule has 1 heterocycles. The minimum Gasteiger partial charge on any atom is -0.499 e. The number of methoxy groups -OCH3 is 1. The monoisotopic (exact) mass is 647 g/mol. The molecular weight excluding hydrogens is 593 g/mol. The average Bonchev–Trinajstić information content (AvgIpc) is 3.95. The predicted octanol–water partition coefficient (Wildman–Crippen LogP) is 9.99. The van der Waals surface area contributed by atoms with Crippen molar-refractivity contribution in [3.05, 3.63) is 87.9 Å². The van der Waals surface area contributed by atoms with Gasteiger partial charge < -0.3 is 20.4 Å². The van der Waals surface area contributed by atoms with Crippen LogP contribution >= 0.6 is 11.6 Å². The topological polar surface area (TPSA) is 52.2 Å². The number of rotatable bonds is 13. The molecule has 46 heavy (non-hydrogen) atoms.